The Balaban J connectivity index is 1.95. The summed E-state index contributed by atoms with van der Waals surface area (Å²) in [5.74, 6) is 0.726. The number of thiazole rings is 1. The molecule has 0 radical (unpaired) electrons. The largest absolute Gasteiger partial charge is 0.354 e. The maximum absolute atomic E-state index is 9.27. The van der Waals surface area contributed by atoms with E-state index in [9.17, 15) is 5.26 Å². The molecule has 6 nitrogen and oxygen atoms in total. The molecule has 1 unspecified atom stereocenters. The molecule has 0 amide bonds. The Morgan fingerprint density at radius 1 is 1.40 bits per heavy atom. The highest BCUT2D eigenvalue weighted by Gasteiger charge is 2.31. The van der Waals surface area contributed by atoms with Crippen LogP contribution in [-0.2, 0) is 0 Å². The standard InChI is InChI=1S/C17H19BrN6S/c1-23(2)10-9-20-16-21-11-12(18)14(7-8-19)24(16)17-22-13-5-3-4-6-15(13)25-17/h3-6,11,14H,7,9-10H2,1-2H3,(H,20,21). The van der Waals surface area contributed by atoms with Crippen molar-refractivity contribution in [3.05, 3.63) is 34.9 Å². The third-order valence-corrected chi connectivity index (χ3v) is 5.55. The Morgan fingerprint density at radius 3 is 2.92 bits per heavy atom. The van der Waals surface area contributed by atoms with Crippen LogP contribution in [0.1, 0.15) is 6.42 Å². The Hall–Kier alpha value is -1.95. The van der Waals surface area contributed by atoms with Gasteiger partial charge in [0, 0.05) is 23.8 Å². The summed E-state index contributed by atoms with van der Waals surface area (Å²) in [6.45, 7) is 1.65. The lowest BCUT2D eigenvalue weighted by Gasteiger charge is -2.33. The number of hydrogen-bond acceptors (Lipinski definition) is 7. The van der Waals surface area contributed by atoms with Gasteiger partial charge in [0.2, 0.25) is 5.96 Å². The number of rotatable bonds is 5. The summed E-state index contributed by atoms with van der Waals surface area (Å²) in [5.41, 5.74) is 0.955. The number of likely N-dealkylation sites (N-methyl/N-ethyl adjacent to an activating group) is 1. The Morgan fingerprint density at radius 2 is 2.20 bits per heavy atom. The second kappa shape index (κ2) is 7.95. The quantitative estimate of drug-likeness (QED) is 0.807. The van der Waals surface area contributed by atoms with Gasteiger partial charge in [-0.1, -0.05) is 39.4 Å². The zero-order chi connectivity index (χ0) is 17.8. The maximum Gasteiger partial charge on any atom is 0.205 e. The summed E-state index contributed by atoms with van der Waals surface area (Å²) in [4.78, 5) is 13.4. The molecule has 0 bridgehead atoms. The van der Waals surface area contributed by atoms with Gasteiger partial charge in [0.25, 0.3) is 0 Å². The van der Waals surface area contributed by atoms with E-state index < -0.39 is 0 Å². The second-order valence-corrected chi connectivity index (χ2v) is 7.83. The van der Waals surface area contributed by atoms with Crippen LogP contribution < -0.4 is 10.2 Å². The van der Waals surface area contributed by atoms with Crippen molar-refractivity contribution in [2.45, 2.75) is 12.5 Å². The van der Waals surface area contributed by atoms with Gasteiger partial charge in [-0.2, -0.15) is 5.26 Å². The van der Waals surface area contributed by atoms with E-state index in [0.29, 0.717) is 6.42 Å². The topological polar surface area (TPSA) is 67.6 Å². The van der Waals surface area contributed by atoms with Crippen LogP contribution >= 0.6 is 27.3 Å². The zero-order valence-corrected chi connectivity index (χ0v) is 16.5. The number of nitriles is 1. The molecule has 1 N–H and O–H groups in total. The number of nitrogens with zero attached hydrogens (tertiary/aromatic N) is 5. The molecule has 1 atom stereocenters. The average molecular weight is 419 g/mol. The van der Waals surface area contributed by atoms with Gasteiger partial charge in [0.05, 0.1) is 28.7 Å². The van der Waals surface area contributed by atoms with E-state index in [1.165, 1.54) is 0 Å². The monoisotopic (exact) mass is 418 g/mol. The van der Waals surface area contributed by atoms with Crippen LogP contribution in [0.25, 0.3) is 10.2 Å². The summed E-state index contributed by atoms with van der Waals surface area (Å²) in [6.07, 6.45) is 2.12. The number of halogens is 1. The van der Waals surface area contributed by atoms with E-state index in [1.807, 2.05) is 37.2 Å². The first kappa shape index (κ1) is 17.9. The van der Waals surface area contributed by atoms with Crippen LogP contribution in [0.5, 0.6) is 0 Å². The van der Waals surface area contributed by atoms with E-state index in [4.69, 9.17) is 4.98 Å². The fourth-order valence-electron chi connectivity index (χ4n) is 2.53. The van der Waals surface area contributed by atoms with Gasteiger partial charge in [-0.3, -0.25) is 4.90 Å². The predicted octanol–water partition coefficient (Wildman–Crippen LogP) is 3.14. The molecular formula is C17H19BrN6S. The van der Waals surface area contributed by atoms with Crippen LogP contribution in [0.15, 0.2) is 39.9 Å². The molecule has 130 valence electrons. The first-order chi connectivity index (χ1) is 12.1. The lowest BCUT2D eigenvalue weighted by atomic mass is 10.2. The van der Waals surface area contributed by atoms with E-state index in [0.717, 1.165) is 38.9 Å². The summed E-state index contributed by atoms with van der Waals surface area (Å²) >= 11 is 5.16. The van der Waals surface area contributed by atoms with E-state index in [1.54, 1.807) is 17.5 Å². The smallest absolute Gasteiger partial charge is 0.205 e. The molecule has 1 aromatic heterocycles. The van der Waals surface area contributed by atoms with E-state index in [-0.39, 0.29) is 6.04 Å². The number of hydrogen-bond donors (Lipinski definition) is 1. The van der Waals surface area contributed by atoms with Gasteiger partial charge < -0.3 is 10.2 Å². The van der Waals surface area contributed by atoms with Crippen LogP contribution in [0.4, 0.5) is 5.13 Å². The molecule has 3 rings (SSSR count). The summed E-state index contributed by atoms with van der Waals surface area (Å²) in [6, 6.07) is 10.2. The van der Waals surface area contributed by atoms with Crippen molar-refractivity contribution in [2.24, 2.45) is 4.99 Å². The van der Waals surface area contributed by atoms with Gasteiger partial charge in [0.15, 0.2) is 5.13 Å². The SMILES string of the molecule is CN(C)CCNC1=NC=C(Br)C(CC#N)N1c1nc2ccccc2s1. The number of nitrogens with one attached hydrogen (secondary N) is 1. The first-order valence-electron chi connectivity index (χ1n) is 7.94. The molecule has 2 heterocycles. The van der Waals surface area contributed by atoms with Gasteiger partial charge in [0.1, 0.15) is 0 Å². The van der Waals surface area contributed by atoms with Crippen molar-refractivity contribution in [3.8, 4) is 6.07 Å². The number of para-hydroxylation sites is 1. The van der Waals surface area contributed by atoms with Gasteiger partial charge in [-0.25, -0.2) is 9.98 Å². The lowest BCUT2D eigenvalue weighted by Crippen LogP contribution is -2.50. The summed E-state index contributed by atoms with van der Waals surface area (Å²) in [7, 11) is 4.06. The minimum Gasteiger partial charge on any atom is -0.354 e. The molecule has 0 saturated carbocycles. The molecule has 0 spiro atoms. The molecule has 1 aliphatic rings. The molecule has 0 fully saturated rings. The second-order valence-electron chi connectivity index (χ2n) is 5.91. The maximum atomic E-state index is 9.27. The average Bonchev–Trinajstić information content (AvgIpc) is 3.01. The van der Waals surface area contributed by atoms with E-state index >= 15 is 0 Å². The molecule has 0 saturated heterocycles. The summed E-state index contributed by atoms with van der Waals surface area (Å²) < 4.78 is 2.00. The van der Waals surface area contributed by atoms with Crippen molar-refractivity contribution in [1.29, 1.82) is 5.26 Å². The van der Waals surface area contributed by atoms with E-state index in [2.05, 4.69) is 43.3 Å². The number of aliphatic imine (C=N–C) groups is 1. The highest BCUT2D eigenvalue weighted by molar-refractivity contribution is 9.11. The third kappa shape index (κ3) is 4.00. The van der Waals surface area contributed by atoms with Gasteiger partial charge in [-0.05, 0) is 26.2 Å². The highest BCUT2D eigenvalue weighted by Crippen LogP contribution is 2.34. The predicted molar refractivity (Wildman–Crippen MR) is 107 cm³/mol. The Kier molecular flexibility index (Phi) is 5.68. The van der Waals surface area contributed by atoms with Crippen molar-refractivity contribution < 1.29 is 0 Å². The van der Waals surface area contributed by atoms with Crippen LogP contribution in [-0.4, -0.2) is 49.1 Å². The Bertz CT molecular complexity index is 817. The van der Waals surface area contributed by atoms with Crippen molar-refractivity contribution in [1.82, 2.24) is 15.2 Å². The third-order valence-electron chi connectivity index (χ3n) is 3.78. The number of fused-ring (bicyclic) bond motifs is 1. The highest BCUT2D eigenvalue weighted by atomic mass is 79.9. The first-order valence-corrected chi connectivity index (χ1v) is 9.55. The van der Waals surface area contributed by atoms with Crippen LogP contribution in [0, 0.1) is 11.3 Å². The van der Waals surface area contributed by atoms with Crippen molar-refractivity contribution in [2.75, 3.05) is 32.1 Å². The molecule has 2 aromatic rings. The molecule has 1 aromatic carbocycles. The number of guanidine groups is 1. The number of anilines is 1. The lowest BCUT2D eigenvalue weighted by molar-refractivity contribution is 0.412. The minimum atomic E-state index is -0.134. The van der Waals surface area contributed by atoms with Crippen LogP contribution in [0.3, 0.4) is 0 Å². The minimum absolute atomic E-state index is 0.134. The number of aromatic nitrogens is 1. The number of benzene rings is 1. The zero-order valence-electron chi connectivity index (χ0n) is 14.1. The van der Waals surface area contributed by atoms with Crippen LogP contribution in [0.2, 0.25) is 0 Å². The fourth-order valence-corrected chi connectivity index (χ4v) is 4.01. The normalized spacial score (nSPS) is 17.4. The molecule has 25 heavy (non-hydrogen) atoms. The van der Waals surface area contributed by atoms with Crippen molar-refractivity contribution >= 4 is 48.6 Å². The van der Waals surface area contributed by atoms with Crippen molar-refractivity contribution in [3.63, 3.8) is 0 Å². The van der Waals surface area contributed by atoms with Gasteiger partial charge >= 0.3 is 0 Å². The molecule has 8 heteroatoms. The summed E-state index contributed by atoms with van der Waals surface area (Å²) in [5, 5.41) is 13.5. The molecule has 1 aliphatic heterocycles. The fraction of sp³-hybridized carbons (Fsp3) is 0.353. The molecule has 0 aliphatic carbocycles. The Labute approximate surface area is 159 Å². The van der Waals surface area contributed by atoms with Gasteiger partial charge in [-0.15, -0.1) is 0 Å². The molecular weight excluding hydrogens is 400 g/mol.